The molecule has 0 spiro atoms. The predicted molar refractivity (Wildman–Crippen MR) is 138 cm³/mol. The number of ether oxygens (including phenoxy) is 2. The highest BCUT2D eigenvalue weighted by Gasteiger charge is 2.39. The summed E-state index contributed by atoms with van der Waals surface area (Å²) in [5, 5.41) is 5.24. The van der Waals surface area contributed by atoms with Gasteiger partial charge in [-0.1, -0.05) is 35.9 Å². The first-order valence-corrected chi connectivity index (χ1v) is 13.3. The summed E-state index contributed by atoms with van der Waals surface area (Å²) in [5.74, 6) is 0.944. The Morgan fingerprint density at radius 2 is 2.06 bits per heavy atom. The number of aryl methyl sites for hydroxylation is 1. The summed E-state index contributed by atoms with van der Waals surface area (Å²) >= 11 is 1.40. The summed E-state index contributed by atoms with van der Waals surface area (Å²) in [5.41, 5.74) is 5.06. The molecule has 0 unspecified atom stereocenters. The second kappa shape index (κ2) is 10.8. The molecular weight excluding hydrogens is 474 g/mol. The number of nitrogens with one attached hydrogen (secondary N) is 1. The molecule has 2 aromatic carbocycles. The van der Waals surface area contributed by atoms with Gasteiger partial charge in [-0.25, -0.2) is 4.98 Å². The first-order valence-electron chi connectivity index (χ1n) is 12.4. The van der Waals surface area contributed by atoms with Crippen LogP contribution >= 0.6 is 11.3 Å². The number of hydrogen-bond donors (Lipinski definition) is 1. The number of fused-ring (bicyclic) bond motifs is 1. The number of amides is 2. The minimum atomic E-state index is -0.218. The zero-order valence-electron chi connectivity index (χ0n) is 20.7. The molecule has 0 saturated heterocycles. The largest absolute Gasteiger partial charge is 0.486 e. The van der Waals surface area contributed by atoms with E-state index in [1.807, 2.05) is 6.07 Å². The molecule has 3 aromatic rings. The monoisotopic (exact) mass is 505 g/mol. The Hall–Kier alpha value is -3.23. The van der Waals surface area contributed by atoms with Crippen LogP contribution in [0.3, 0.4) is 0 Å². The van der Waals surface area contributed by atoms with Crippen molar-refractivity contribution < 1.29 is 19.1 Å². The van der Waals surface area contributed by atoms with Crippen molar-refractivity contribution in [1.29, 1.82) is 0 Å². The zero-order valence-corrected chi connectivity index (χ0v) is 21.5. The molecule has 1 aromatic heterocycles. The molecule has 1 aliphatic carbocycles. The van der Waals surface area contributed by atoms with Crippen molar-refractivity contribution >= 4 is 23.2 Å². The van der Waals surface area contributed by atoms with Crippen LogP contribution in [0.15, 0.2) is 47.8 Å². The van der Waals surface area contributed by atoms with Gasteiger partial charge in [-0.3, -0.25) is 9.59 Å². The highest BCUT2D eigenvalue weighted by Crippen LogP contribution is 2.41. The third-order valence-corrected chi connectivity index (χ3v) is 7.47. The molecule has 1 saturated carbocycles. The van der Waals surface area contributed by atoms with Crippen LogP contribution in [0.2, 0.25) is 0 Å². The third-order valence-electron chi connectivity index (χ3n) is 6.65. The lowest BCUT2D eigenvalue weighted by molar-refractivity contribution is -0.134. The normalized spacial score (nSPS) is 16.9. The Kier molecular flexibility index (Phi) is 7.34. The smallest absolute Gasteiger partial charge is 0.270 e. The maximum absolute atomic E-state index is 13.2. The van der Waals surface area contributed by atoms with Gasteiger partial charge in [-0.2, -0.15) is 0 Å². The molecule has 2 heterocycles. The number of carbonyl (C=O) groups is 2. The SMILES string of the molecule is COCCNC(=O)c1csc(COc2ccc3c(c2)[C@@H](c2cccc(C)c2)N(C(=O)C2CC2)CC3)n1. The standard InChI is InChI=1S/C28H31N3O4S/c1-18-4-3-5-21(14-18)26-23-15-22(9-8-19(23)10-12-31(26)28(33)20-6-7-20)35-16-25-30-24(17-36-25)27(32)29-11-13-34-2/h3-5,8-9,14-15,17,20,26H,6-7,10-13,16H2,1-2H3,(H,29,32)/t26-/m1/s1. The number of hydrogen-bond acceptors (Lipinski definition) is 6. The fourth-order valence-electron chi connectivity index (χ4n) is 4.67. The lowest BCUT2D eigenvalue weighted by Crippen LogP contribution is -2.41. The number of aromatic nitrogens is 1. The number of thiazole rings is 1. The number of benzene rings is 2. The minimum absolute atomic E-state index is 0.118. The lowest BCUT2D eigenvalue weighted by Gasteiger charge is -2.38. The van der Waals surface area contributed by atoms with E-state index in [1.54, 1.807) is 12.5 Å². The molecule has 0 radical (unpaired) electrons. The summed E-state index contributed by atoms with van der Waals surface area (Å²) < 4.78 is 11.1. The van der Waals surface area contributed by atoms with Crippen LogP contribution < -0.4 is 10.1 Å². The van der Waals surface area contributed by atoms with Gasteiger partial charge in [0.15, 0.2) is 0 Å². The first kappa shape index (κ1) is 24.5. The van der Waals surface area contributed by atoms with Gasteiger partial charge >= 0.3 is 0 Å². The van der Waals surface area contributed by atoms with Crippen molar-refractivity contribution in [3.05, 3.63) is 80.8 Å². The molecule has 7 nitrogen and oxygen atoms in total. The zero-order chi connectivity index (χ0) is 25.1. The van der Waals surface area contributed by atoms with E-state index in [4.69, 9.17) is 9.47 Å². The van der Waals surface area contributed by atoms with Crippen molar-refractivity contribution in [2.45, 2.75) is 38.8 Å². The summed E-state index contributed by atoms with van der Waals surface area (Å²) in [6, 6.07) is 14.5. The number of methoxy groups -OCH3 is 1. The highest BCUT2D eigenvalue weighted by molar-refractivity contribution is 7.09. The Morgan fingerprint density at radius 3 is 2.83 bits per heavy atom. The van der Waals surface area contributed by atoms with Gasteiger partial charge in [0.05, 0.1) is 12.6 Å². The fourth-order valence-corrected chi connectivity index (χ4v) is 5.35. The van der Waals surface area contributed by atoms with Crippen molar-refractivity contribution in [3.63, 3.8) is 0 Å². The van der Waals surface area contributed by atoms with E-state index in [1.165, 1.54) is 22.5 Å². The fraction of sp³-hybridized carbons (Fsp3) is 0.393. The Balaban J connectivity index is 1.35. The Morgan fingerprint density at radius 1 is 1.19 bits per heavy atom. The molecule has 1 fully saturated rings. The molecule has 36 heavy (non-hydrogen) atoms. The Bertz CT molecular complexity index is 1250. The predicted octanol–water partition coefficient (Wildman–Crippen LogP) is 4.29. The molecule has 5 rings (SSSR count). The first-order chi connectivity index (χ1) is 17.5. The van der Waals surface area contributed by atoms with E-state index < -0.39 is 0 Å². The minimum Gasteiger partial charge on any atom is -0.486 e. The van der Waals surface area contributed by atoms with Crippen LogP contribution in [-0.4, -0.2) is 48.5 Å². The van der Waals surface area contributed by atoms with E-state index in [0.717, 1.165) is 47.7 Å². The topological polar surface area (TPSA) is 80.8 Å². The molecule has 188 valence electrons. The quantitative estimate of drug-likeness (QED) is 0.439. The highest BCUT2D eigenvalue weighted by atomic mass is 32.1. The van der Waals surface area contributed by atoms with Crippen molar-refractivity contribution in [3.8, 4) is 5.75 Å². The summed E-state index contributed by atoms with van der Waals surface area (Å²) in [6.07, 6.45) is 2.82. The van der Waals surface area contributed by atoms with Gasteiger partial charge in [0.2, 0.25) is 5.91 Å². The maximum Gasteiger partial charge on any atom is 0.270 e. The third kappa shape index (κ3) is 5.44. The molecule has 8 heteroatoms. The van der Waals surface area contributed by atoms with Crippen LogP contribution in [0.25, 0.3) is 0 Å². The Labute approximate surface area is 215 Å². The molecule has 1 N–H and O–H groups in total. The molecule has 1 aliphatic heterocycles. The molecular formula is C28H31N3O4S. The van der Waals surface area contributed by atoms with E-state index >= 15 is 0 Å². The van der Waals surface area contributed by atoms with Crippen LogP contribution in [0.5, 0.6) is 5.75 Å². The van der Waals surface area contributed by atoms with E-state index in [2.05, 4.69) is 58.5 Å². The second-order valence-electron chi connectivity index (χ2n) is 9.40. The van der Waals surface area contributed by atoms with Crippen LogP contribution in [0.1, 0.15) is 56.6 Å². The number of nitrogens with zero attached hydrogens (tertiary/aromatic N) is 2. The summed E-state index contributed by atoms with van der Waals surface area (Å²) in [6.45, 7) is 3.98. The molecule has 0 bridgehead atoms. The van der Waals surface area contributed by atoms with Crippen molar-refractivity contribution in [1.82, 2.24) is 15.2 Å². The van der Waals surface area contributed by atoms with Gasteiger partial charge in [0.25, 0.3) is 5.91 Å². The van der Waals surface area contributed by atoms with Crippen molar-refractivity contribution in [2.24, 2.45) is 5.92 Å². The van der Waals surface area contributed by atoms with E-state index in [-0.39, 0.29) is 30.4 Å². The second-order valence-corrected chi connectivity index (χ2v) is 10.3. The van der Waals surface area contributed by atoms with Crippen molar-refractivity contribution in [2.75, 3.05) is 26.8 Å². The summed E-state index contributed by atoms with van der Waals surface area (Å²) in [7, 11) is 1.59. The molecule has 2 amide bonds. The van der Waals surface area contributed by atoms with Crippen LogP contribution in [0, 0.1) is 12.8 Å². The van der Waals surface area contributed by atoms with Gasteiger partial charge in [-0.15, -0.1) is 11.3 Å². The number of rotatable bonds is 9. The van der Waals surface area contributed by atoms with Crippen LogP contribution in [-0.2, 0) is 22.6 Å². The average Bonchev–Trinajstić information content (AvgIpc) is 3.63. The average molecular weight is 506 g/mol. The van der Waals surface area contributed by atoms with Gasteiger partial charge < -0.3 is 19.7 Å². The lowest BCUT2D eigenvalue weighted by atomic mass is 9.87. The number of carbonyl (C=O) groups excluding carboxylic acids is 2. The van der Waals surface area contributed by atoms with E-state index in [0.29, 0.717) is 18.8 Å². The van der Waals surface area contributed by atoms with E-state index in [9.17, 15) is 9.59 Å². The maximum atomic E-state index is 13.2. The molecule has 2 aliphatic rings. The summed E-state index contributed by atoms with van der Waals surface area (Å²) in [4.78, 5) is 31.9. The van der Waals surface area contributed by atoms with Gasteiger partial charge in [-0.05, 0) is 55.0 Å². The van der Waals surface area contributed by atoms with Gasteiger partial charge in [0, 0.05) is 31.5 Å². The van der Waals surface area contributed by atoms with Gasteiger partial charge in [0.1, 0.15) is 23.1 Å². The molecule has 1 atom stereocenters. The van der Waals surface area contributed by atoms with Crippen LogP contribution in [0.4, 0.5) is 0 Å².